The van der Waals surface area contributed by atoms with Gasteiger partial charge in [0.05, 0.1) is 5.56 Å². The molecule has 1 aliphatic rings. The summed E-state index contributed by atoms with van der Waals surface area (Å²) < 4.78 is 50.7. The van der Waals surface area contributed by atoms with E-state index in [1.807, 2.05) is 36.4 Å². The first-order valence-electron chi connectivity index (χ1n) is 11.5. The highest BCUT2D eigenvalue weighted by atomic mass is 32.1. The van der Waals surface area contributed by atoms with E-state index in [-0.39, 0.29) is 5.92 Å². The molecule has 0 amide bonds. The predicted molar refractivity (Wildman–Crippen MR) is 129 cm³/mol. The van der Waals surface area contributed by atoms with E-state index < -0.39 is 11.7 Å². The second-order valence-electron chi connectivity index (χ2n) is 8.47. The summed E-state index contributed by atoms with van der Waals surface area (Å²) in [4.78, 5) is 11.8. The van der Waals surface area contributed by atoms with E-state index >= 15 is 0 Å². The molecule has 0 aliphatic carbocycles. The van der Waals surface area contributed by atoms with Crippen LogP contribution in [-0.4, -0.2) is 41.1 Å². The van der Waals surface area contributed by atoms with Gasteiger partial charge in [0, 0.05) is 12.7 Å². The van der Waals surface area contributed by atoms with Gasteiger partial charge in [-0.2, -0.15) is 13.2 Å². The fourth-order valence-corrected chi connectivity index (χ4v) is 5.03. The molecule has 0 bridgehead atoms. The minimum absolute atomic E-state index is 0.160. The minimum Gasteiger partial charge on any atom is -0.492 e. The molecule has 1 aliphatic heterocycles. The summed E-state index contributed by atoms with van der Waals surface area (Å²) in [5.41, 5.74) is 1.02. The van der Waals surface area contributed by atoms with Crippen molar-refractivity contribution < 1.29 is 22.6 Å². The Morgan fingerprint density at radius 3 is 2.49 bits per heavy atom. The number of aromatic nitrogens is 2. The monoisotopic (exact) mass is 499 g/mol. The van der Waals surface area contributed by atoms with Gasteiger partial charge in [-0.1, -0.05) is 29.5 Å². The highest BCUT2D eigenvalue weighted by Crippen LogP contribution is 2.34. The van der Waals surface area contributed by atoms with Crippen molar-refractivity contribution in [3.8, 4) is 16.7 Å². The lowest BCUT2D eigenvalue weighted by Crippen LogP contribution is -2.35. The average molecular weight is 500 g/mol. The van der Waals surface area contributed by atoms with E-state index in [9.17, 15) is 13.2 Å². The second kappa shape index (κ2) is 10.2. The molecular weight excluding hydrogens is 475 g/mol. The topological polar surface area (TPSA) is 47.5 Å². The van der Waals surface area contributed by atoms with Gasteiger partial charge in [-0.15, -0.1) is 0 Å². The van der Waals surface area contributed by atoms with E-state index in [0.717, 1.165) is 60.2 Å². The van der Waals surface area contributed by atoms with Crippen molar-refractivity contribution in [3.05, 3.63) is 78.0 Å². The first kappa shape index (κ1) is 23.6. The molecule has 5 rings (SSSR count). The number of hydrogen-bond acceptors (Lipinski definition) is 6. The van der Waals surface area contributed by atoms with Crippen LogP contribution < -0.4 is 9.47 Å². The Bertz CT molecular complexity index is 1240. The van der Waals surface area contributed by atoms with Crippen LogP contribution in [0.15, 0.2) is 66.9 Å². The molecule has 3 heterocycles. The van der Waals surface area contributed by atoms with E-state index in [1.165, 1.54) is 23.5 Å². The molecule has 182 valence electrons. The Morgan fingerprint density at radius 1 is 0.971 bits per heavy atom. The molecule has 0 spiro atoms. The number of thiazole rings is 1. The average Bonchev–Trinajstić information content (AvgIpc) is 3.27. The zero-order chi connectivity index (χ0) is 24.3. The predicted octanol–water partition coefficient (Wildman–Crippen LogP) is 6.76. The number of ether oxygens (including phenoxy) is 2. The number of likely N-dealkylation sites (tertiary alicyclic amines) is 1. The fraction of sp³-hybridized carbons (Fsp3) is 0.308. The third-order valence-corrected chi connectivity index (χ3v) is 6.98. The van der Waals surface area contributed by atoms with Crippen molar-refractivity contribution in [3.63, 3.8) is 0 Å². The van der Waals surface area contributed by atoms with Crippen LogP contribution in [0, 0.1) is 0 Å². The SMILES string of the molecule is FC(F)(F)c1cccc(C2CCN(CCOc3ccc(Oc4nc5cccnc5s4)cc3)CC2)c1. The maximum absolute atomic E-state index is 13.0. The van der Waals surface area contributed by atoms with Crippen LogP contribution in [0.5, 0.6) is 16.7 Å². The lowest BCUT2D eigenvalue weighted by Gasteiger charge is -2.32. The third-order valence-electron chi connectivity index (χ3n) is 6.12. The van der Waals surface area contributed by atoms with Gasteiger partial charge in [0.15, 0.2) is 0 Å². The summed E-state index contributed by atoms with van der Waals surface area (Å²) in [6, 6.07) is 16.9. The number of benzene rings is 2. The van der Waals surface area contributed by atoms with Crippen molar-refractivity contribution in [1.29, 1.82) is 0 Å². The standard InChI is InChI=1S/C26H24F3N3O2S/c27-26(28,29)20-4-1-3-19(17-20)18-10-13-32(14-11-18)15-16-33-21-6-8-22(9-7-21)34-25-31-23-5-2-12-30-24(23)35-25/h1-9,12,17-18H,10-11,13-16H2. The van der Waals surface area contributed by atoms with Gasteiger partial charge in [0.1, 0.15) is 28.5 Å². The van der Waals surface area contributed by atoms with Gasteiger partial charge in [-0.25, -0.2) is 9.97 Å². The maximum Gasteiger partial charge on any atom is 0.416 e. The van der Waals surface area contributed by atoms with Crippen molar-refractivity contribution >= 4 is 21.7 Å². The van der Waals surface area contributed by atoms with Crippen LogP contribution in [0.25, 0.3) is 10.3 Å². The lowest BCUT2D eigenvalue weighted by atomic mass is 9.88. The number of hydrogen-bond donors (Lipinski definition) is 0. The van der Waals surface area contributed by atoms with E-state index in [4.69, 9.17) is 9.47 Å². The third kappa shape index (κ3) is 5.91. The molecule has 1 fully saturated rings. The molecule has 35 heavy (non-hydrogen) atoms. The van der Waals surface area contributed by atoms with E-state index in [1.54, 1.807) is 12.3 Å². The highest BCUT2D eigenvalue weighted by molar-refractivity contribution is 7.19. The van der Waals surface area contributed by atoms with Crippen molar-refractivity contribution in [2.75, 3.05) is 26.2 Å². The van der Waals surface area contributed by atoms with Crippen LogP contribution >= 0.6 is 11.3 Å². The number of alkyl halides is 3. The summed E-state index contributed by atoms with van der Waals surface area (Å²) in [5.74, 6) is 1.59. The zero-order valence-corrected chi connectivity index (χ0v) is 19.7. The molecule has 0 atom stereocenters. The largest absolute Gasteiger partial charge is 0.492 e. The molecule has 9 heteroatoms. The zero-order valence-electron chi connectivity index (χ0n) is 18.9. The Morgan fingerprint density at radius 2 is 1.74 bits per heavy atom. The van der Waals surface area contributed by atoms with Crippen molar-refractivity contribution in [2.24, 2.45) is 0 Å². The van der Waals surface area contributed by atoms with Crippen LogP contribution in [0.2, 0.25) is 0 Å². The van der Waals surface area contributed by atoms with Gasteiger partial charge in [0.25, 0.3) is 5.19 Å². The number of nitrogens with zero attached hydrogens (tertiary/aromatic N) is 3. The molecule has 0 saturated carbocycles. The quantitative estimate of drug-likeness (QED) is 0.281. The molecule has 0 unspecified atom stereocenters. The minimum atomic E-state index is -4.30. The Balaban J connectivity index is 1.07. The summed E-state index contributed by atoms with van der Waals surface area (Å²) in [6.07, 6.45) is -0.885. The molecule has 0 radical (unpaired) electrons. The second-order valence-corrected chi connectivity index (χ2v) is 9.41. The smallest absolute Gasteiger partial charge is 0.416 e. The Kier molecular flexibility index (Phi) is 6.88. The highest BCUT2D eigenvalue weighted by Gasteiger charge is 2.31. The van der Waals surface area contributed by atoms with Gasteiger partial charge >= 0.3 is 6.18 Å². The van der Waals surface area contributed by atoms with Crippen LogP contribution in [0.1, 0.15) is 29.9 Å². The summed E-state index contributed by atoms with van der Waals surface area (Å²) in [5, 5.41) is 0.543. The first-order valence-corrected chi connectivity index (χ1v) is 12.3. The molecule has 2 aromatic heterocycles. The fourth-order valence-electron chi connectivity index (χ4n) is 4.25. The van der Waals surface area contributed by atoms with Gasteiger partial charge < -0.3 is 9.47 Å². The van der Waals surface area contributed by atoms with Crippen LogP contribution in [0.3, 0.4) is 0 Å². The summed E-state index contributed by atoms with van der Waals surface area (Å²) >= 11 is 1.40. The van der Waals surface area contributed by atoms with Crippen molar-refractivity contribution in [1.82, 2.24) is 14.9 Å². The maximum atomic E-state index is 13.0. The van der Waals surface area contributed by atoms with E-state index in [0.29, 0.717) is 17.6 Å². The molecule has 2 aromatic carbocycles. The molecule has 5 nitrogen and oxygen atoms in total. The summed E-state index contributed by atoms with van der Waals surface area (Å²) in [6.45, 7) is 2.99. The molecule has 4 aromatic rings. The normalized spacial score (nSPS) is 15.4. The number of piperidine rings is 1. The van der Waals surface area contributed by atoms with Gasteiger partial charge in [-0.05, 0) is 79.9 Å². The number of rotatable bonds is 7. The lowest BCUT2D eigenvalue weighted by molar-refractivity contribution is -0.137. The molecular formula is C26H24F3N3O2S. The Hall–Kier alpha value is -3.17. The summed E-state index contributed by atoms with van der Waals surface area (Å²) in [7, 11) is 0. The van der Waals surface area contributed by atoms with Gasteiger partial charge in [-0.3, -0.25) is 4.90 Å². The van der Waals surface area contributed by atoms with Crippen LogP contribution in [-0.2, 0) is 6.18 Å². The number of pyridine rings is 1. The molecule has 0 N–H and O–H groups in total. The first-order chi connectivity index (χ1) is 16.9. The van der Waals surface area contributed by atoms with Crippen LogP contribution in [0.4, 0.5) is 13.2 Å². The Labute approximate surface area is 205 Å². The number of halogens is 3. The van der Waals surface area contributed by atoms with Crippen molar-refractivity contribution in [2.45, 2.75) is 24.9 Å². The van der Waals surface area contributed by atoms with Gasteiger partial charge in [0.2, 0.25) is 0 Å². The number of fused-ring (bicyclic) bond motifs is 1. The van der Waals surface area contributed by atoms with E-state index in [2.05, 4.69) is 14.9 Å². The molecule has 1 saturated heterocycles.